The number of amides is 1. The Morgan fingerprint density at radius 3 is 2.52 bits per heavy atom. The van der Waals surface area contributed by atoms with Crippen molar-refractivity contribution in [3.8, 4) is 0 Å². The number of benzene rings is 1. The average Bonchev–Trinajstić information content (AvgIpc) is 2.95. The Balaban J connectivity index is 2.00. The van der Waals surface area contributed by atoms with Crippen molar-refractivity contribution in [3.63, 3.8) is 0 Å². The fourth-order valence-electron chi connectivity index (χ4n) is 2.24. The van der Waals surface area contributed by atoms with Gasteiger partial charge < -0.3 is 10.2 Å². The molecule has 5 nitrogen and oxygen atoms in total. The molecular formula is C16H20F2N4O. The van der Waals surface area contributed by atoms with Crippen LogP contribution in [0.4, 0.5) is 14.5 Å². The molecule has 0 saturated carbocycles. The van der Waals surface area contributed by atoms with Gasteiger partial charge in [-0.1, -0.05) is 19.9 Å². The van der Waals surface area contributed by atoms with Crippen LogP contribution in [-0.2, 0) is 6.54 Å². The Labute approximate surface area is 133 Å². The van der Waals surface area contributed by atoms with Gasteiger partial charge in [-0.05, 0) is 25.2 Å². The zero-order valence-corrected chi connectivity index (χ0v) is 13.2. The molecule has 1 aromatic carbocycles. The minimum Gasteiger partial charge on any atom is -0.319 e. The number of nitrogens with one attached hydrogen (secondary N) is 1. The highest BCUT2D eigenvalue weighted by atomic mass is 19.1. The van der Waals surface area contributed by atoms with E-state index in [2.05, 4.69) is 29.2 Å². The van der Waals surface area contributed by atoms with E-state index >= 15 is 0 Å². The molecule has 2 rings (SSSR count). The molecule has 0 unspecified atom stereocenters. The molecule has 23 heavy (non-hydrogen) atoms. The summed E-state index contributed by atoms with van der Waals surface area (Å²) in [5.41, 5.74) is -0.194. The van der Waals surface area contributed by atoms with E-state index in [1.807, 2.05) is 0 Å². The Kier molecular flexibility index (Phi) is 5.81. The highest BCUT2D eigenvalue weighted by molar-refractivity contribution is 6.04. The van der Waals surface area contributed by atoms with Gasteiger partial charge in [0.2, 0.25) is 0 Å². The second kappa shape index (κ2) is 7.82. The number of rotatable bonds is 7. The molecule has 0 atom stereocenters. The quantitative estimate of drug-likeness (QED) is 0.853. The van der Waals surface area contributed by atoms with Crippen molar-refractivity contribution in [3.05, 3.63) is 47.8 Å². The zero-order valence-electron chi connectivity index (χ0n) is 13.2. The maximum absolute atomic E-state index is 13.6. The smallest absolute Gasteiger partial charge is 0.261 e. The van der Waals surface area contributed by atoms with Gasteiger partial charge in [0.15, 0.2) is 0 Å². The molecule has 1 aromatic heterocycles. The van der Waals surface area contributed by atoms with E-state index in [4.69, 9.17) is 0 Å². The van der Waals surface area contributed by atoms with E-state index in [1.165, 1.54) is 12.3 Å². The van der Waals surface area contributed by atoms with E-state index in [0.29, 0.717) is 12.2 Å². The molecular weight excluding hydrogens is 302 g/mol. The number of halogens is 2. The van der Waals surface area contributed by atoms with Crippen LogP contribution in [0.5, 0.6) is 0 Å². The monoisotopic (exact) mass is 322 g/mol. The maximum atomic E-state index is 13.6. The highest BCUT2D eigenvalue weighted by Gasteiger charge is 2.17. The standard InChI is InChI=1S/C16H20F2N4O/c1-3-21(4-2)8-9-22-11-12(10-19-22)20-16(23)15-13(17)6-5-7-14(15)18/h5-7,10-11H,3-4,8-9H2,1-2H3,(H,20,23). The predicted octanol–water partition coefficient (Wildman–Crippen LogP) is 2.76. The fraction of sp³-hybridized carbons (Fsp3) is 0.375. The summed E-state index contributed by atoms with van der Waals surface area (Å²) in [5.74, 6) is -2.61. The summed E-state index contributed by atoms with van der Waals surface area (Å²) in [6.07, 6.45) is 3.10. The van der Waals surface area contributed by atoms with Crippen molar-refractivity contribution in [1.82, 2.24) is 14.7 Å². The summed E-state index contributed by atoms with van der Waals surface area (Å²) in [6, 6.07) is 3.31. The molecule has 0 aliphatic rings. The molecule has 1 N–H and O–H groups in total. The fourth-order valence-corrected chi connectivity index (χ4v) is 2.24. The molecule has 0 aliphatic heterocycles. The number of nitrogens with zero attached hydrogens (tertiary/aromatic N) is 3. The van der Waals surface area contributed by atoms with Crippen molar-refractivity contribution in [2.24, 2.45) is 0 Å². The van der Waals surface area contributed by atoms with Crippen molar-refractivity contribution in [2.45, 2.75) is 20.4 Å². The van der Waals surface area contributed by atoms with Gasteiger partial charge in [0.05, 0.1) is 18.4 Å². The lowest BCUT2D eigenvalue weighted by atomic mass is 10.2. The van der Waals surface area contributed by atoms with Crippen LogP contribution in [-0.4, -0.2) is 40.2 Å². The summed E-state index contributed by atoms with van der Waals surface area (Å²) in [5, 5.41) is 6.60. The second-order valence-electron chi connectivity index (χ2n) is 5.07. The lowest BCUT2D eigenvalue weighted by Gasteiger charge is -2.17. The number of carbonyl (C=O) groups is 1. The van der Waals surface area contributed by atoms with Gasteiger partial charge in [-0.25, -0.2) is 8.78 Å². The van der Waals surface area contributed by atoms with E-state index in [9.17, 15) is 13.6 Å². The molecule has 0 bridgehead atoms. The first kappa shape index (κ1) is 17.1. The van der Waals surface area contributed by atoms with Crippen LogP contribution >= 0.6 is 0 Å². The summed E-state index contributed by atoms with van der Waals surface area (Å²) in [6.45, 7) is 7.58. The van der Waals surface area contributed by atoms with Crippen LogP contribution < -0.4 is 5.32 Å². The molecule has 0 aliphatic carbocycles. The molecule has 7 heteroatoms. The molecule has 0 radical (unpaired) electrons. The minimum atomic E-state index is -0.892. The lowest BCUT2D eigenvalue weighted by molar-refractivity contribution is 0.101. The van der Waals surface area contributed by atoms with E-state index in [0.717, 1.165) is 31.8 Å². The lowest BCUT2D eigenvalue weighted by Crippen LogP contribution is -2.27. The number of carbonyl (C=O) groups excluding carboxylic acids is 1. The van der Waals surface area contributed by atoms with Gasteiger partial charge in [-0.2, -0.15) is 5.10 Å². The van der Waals surface area contributed by atoms with Crippen molar-refractivity contribution in [1.29, 1.82) is 0 Å². The van der Waals surface area contributed by atoms with Crippen molar-refractivity contribution in [2.75, 3.05) is 25.0 Å². The van der Waals surface area contributed by atoms with Crippen LogP contribution in [0.2, 0.25) is 0 Å². The van der Waals surface area contributed by atoms with Gasteiger partial charge in [0.25, 0.3) is 5.91 Å². The maximum Gasteiger partial charge on any atom is 0.261 e. The molecule has 1 heterocycles. The van der Waals surface area contributed by atoms with Crippen LogP contribution in [0, 0.1) is 11.6 Å². The number of likely N-dealkylation sites (N-methyl/N-ethyl adjacent to an activating group) is 1. The number of aromatic nitrogens is 2. The Morgan fingerprint density at radius 2 is 1.91 bits per heavy atom. The molecule has 0 spiro atoms. The Morgan fingerprint density at radius 1 is 1.26 bits per heavy atom. The summed E-state index contributed by atoms with van der Waals surface area (Å²) in [7, 11) is 0. The third-order valence-corrected chi connectivity index (χ3v) is 3.62. The number of hydrogen-bond donors (Lipinski definition) is 1. The van der Waals surface area contributed by atoms with E-state index < -0.39 is 23.1 Å². The SMILES string of the molecule is CCN(CC)CCn1cc(NC(=O)c2c(F)cccc2F)cn1. The molecule has 2 aromatic rings. The average molecular weight is 322 g/mol. The van der Waals surface area contributed by atoms with Gasteiger partial charge in [0.1, 0.15) is 17.2 Å². The molecule has 0 saturated heterocycles. The summed E-state index contributed by atoms with van der Waals surface area (Å²) >= 11 is 0. The highest BCUT2D eigenvalue weighted by Crippen LogP contribution is 2.15. The zero-order chi connectivity index (χ0) is 16.8. The number of anilines is 1. The largest absolute Gasteiger partial charge is 0.319 e. The third-order valence-electron chi connectivity index (χ3n) is 3.62. The van der Waals surface area contributed by atoms with Gasteiger partial charge >= 0.3 is 0 Å². The molecule has 1 amide bonds. The topological polar surface area (TPSA) is 50.2 Å². The summed E-state index contributed by atoms with van der Waals surface area (Å²) in [4.78, 5) is 14.2. The first-order chi connectivity index (χ1) is 11.0. The van der Waals surface area contributed by atoms with E-state index in [-0.39, 0.29) is 0 Å². The first-order valence-corrected chi connectivity index (χ1v) is 7.55. The predicted molar refractivity (Wildman–Crippen MR) is 84.3 cm³/mol. The van der Waals surface area contributed by atoms with Crippen LogP contribution in [0.15, 0.2) is 30.6 Å². The molecule has 124 valence electrons. The van der Waals surface area contributed by atoms with Crippen LogP contribution in [0.25, 0.3) is 0 Å². The third kappa shape index (κ3) is 4.35. The summed E-state index contributed by atoms with van der Waals surface area (Å²) < 4.78 is 28.8. The van der Waals surface area contributed by atoms with Gasteiger partial charge in [0, 0.05) is 12.7 Å². The number of hydrogen-bond acceptors (Lipinski definition) is 3. The van der Waals surface area contributed by atoms with Crippen molar-refractivity contribution >= 4 is 11.6 Å². The first-order valence-electron chi connectivity index (χ1n) is 7.55. The second-order valence-corrected chi connectivity index (χ2v) is 5.07. The normalized spacial score (nSPS) is 11.0. The van der Waals surface area contributed by atoms with E-state index in [1.54, 1.807) is 10.9 Å². The van der Waals surface area contributed by atoms with Crippen LogP contribution in [0.3, 0.4) is 0 Å². The van der Waals surface area contributed by atoms with Gasteiger partial charge in [-0.3, -0.25) is 9.48 Å². The molecule has 0 fully saturated rings. The Hall–Kier alpha value is -2.28. The van der Waals surface area contributed by atoms with Crippen molar-refractivity contribution < 1.29 is 13.6 Å². The minimum absolute atomic E-state index is 0.400. The Bertz CT molecular complexity index is 648. The van der Waals surface area contributed by atoms with Crippen LogP contribution in [0.1, 0.15) is 24.2 Å². The van der Waals surface area contributed by atoms with Gasteiger partial charge in [-0.15, -0.1) is 0 Å².